The van der Waals surface area contributed by atoms with E-state index in [4.69, 9.17) is 9.47 Å². The number of ether oxygens (including phenoxy) is 2. The highest BCUT2D eigenvalue weighted by Crippen LogP contribution is 2.29. The van der Waals surface area contributed by atoms with E-state index in [1.807, 2.05) is 20.9 Å². The Bertz CT molecular complexity index is 1670. The van der Waals surface area contributed by atoms with Crippen LogP contribution in [0.3, 0.4) is 0 Å². The van der Waals surface area contributed by atoms with E-state index in [0.717, 1.165) is 42.7 Å². The van der Waals surface area contributed by atoms with Gasteiger partial charge in [0.25, 0.3) is 15.9 Å². The van der Waals surface area contributed by atoms with Crippen LogP contribution in [-0.4, -0.2) is 91.9 Å². The highest BCUT2D eigenvalue weighted by atomic mass is 32.2. The second-order valence-corrected chi connectivity index (χ2v) is 14.5. The third-order valence-electron chi connectivity index (χ3n) is 8.57. The molecule has 0 saturated heterocycles. The molecule has 0 fully saturated rings. The summed E-state index contributed by atoms with van der Waals surface area (Å²) in [5.41, 5.74) is 1.42. The molecular weight excluding hydrogens is 653 g/mol. The third kappa shape index (κ3) is 10.5. The lowest BCUT2D eigenvalue weighted by Gasteiger charge is -2.36. The van der Waals surface area contributed by atoms with Crippen LogP contribution in [0.15, 0.2) is 71.6 Å². The largest absolute Gasteiger partial charge is 0.490 e. The van der Waals surface area contributed by atoms with Crippen LogP contribution in [0, 0.1) is 11.7 Å². The lowest BCUT2D eigenvalue weighted by molar-refractivity contribution is -0.0177. The number of rotatable bonds is 10. The Labute approximate surface area is 287 Å². The molecule has 4 atom stereocenters. The first kappa shape index (κ1) is 37.8. The molecule has 0 aromatic heterocycles. The zero-order valence-electron chi connectivity index (χ0n) is 28.3. The van der Waals surface area contributed by atoms with Crippen molar-refractivity contribution in [2.24, 2.45) is 5.92 Å². The minimum atomic E-state index is -4.09. The number of carbonyl (C=O) groups is 2. The first-order valence-electron chi connectivity index (χ1n) is 16.4. The maximum atomic E-state index is 14.4. The fraction of sp³-hybridized carbons (Fsp3) is 0.444. The first-order valence-corrected chi connectivity index (χ1v) is 17.9. The maximum Gasteiger partial charge on any atom is 0.335 e. The molecule has 1 heterocycles. The predicted molar refractivity (Wildman–Crippen MR) is 184 cm³/mol. The average molecular weight is 700 g/mol. The van der Waals surface area contributed by atoms with Gasteiger partial charge in [0.2, 0.25) is 0 Å². The molecule has 1 aliphatic heterocycles. The Hall–Kier alpha value is -4.04. The number of benzene rings is 3. The third-order valence-corrected chi connectivity index (χ3v) is 9.97. The molecule has 0 spiro atoms. The molecular formula is C36H46FN3O8S. The number of aliphatic hydroxyl groups is 1. The molecule has 3 aromatic carbocycles. The monoisotopic (exact) mass is 699 g/mol. The Balaban J connectivity index is 1.62. The van der Waals surface area contributed by atoms with Crippen molar-refractivity contribution in [1.82, 2.24) is 9.80 Å². The molecule has 0 aliphatic carbocycles. The number of halogens is 1. The van der Waals surface area contributed by atoms with Gasteiger partial charge in [-0.3, -0.25) is 14.4 Å². The summed E-state index contributed by atoms with van der Waals surface area (Å²) < 4.78 is 54.8. The summed E-state index contributed by atoms with van der Waals surface area (Å²) in [5.74, 6) is -1.88. The molecule has 49 heavy (non-hydrogen) atoms. The second kappa shape index (κ2) is 17.1. The van der Waals surface area contributed by atoms with Gasteiger partial charge in [-0.2, -0.15) is 0 Å². The predicted octanol–water partition coefficient (Wildman–Crippen LogP) is 5.25. The normalized spacial score (nSPS) is 20.2. The van der Waals surface area contributed by atoms with Gasteiger partial charge in [-0.15, -0.1) is 0 Å². The molecule has 1 amide bonds. The number of amides is 1. The molecule has 11 nitrogen and oxygen atoms in total. The van der Waals surface area contributed by atoms with Crippen LogP contribution in [0.5, 0.6) is 5.75 Å². The fourth-order valence-electron chi connectivity index (χ4n) is 5.71. The van der Waals surface area contributed by atoms with E-state index < -0.39 is 33.8 Å². The minimum Gasteiger partial charge on any atom is -0.490 e. The summed E-state index contributed by atoms with van der Waals surface area (Å²) in [6.07, 6.45) is 1.77. The topological polar surface area (TPSA) is 146 Å². The summed E-state index contributed by atoms with van der Waals surface area (Å²) in [4.78, 5) is 29.1. The SMILES string of the molecule is C[C@@H]1CCCCO[C@@H](CN(C)Cc2ccc(C(=O)O)cc2)[C@H](C)CN([C@@H](C)CO)C(=O)c2cc(NS(=O)(=O)c3ccc(F)cc3)ccc2O1. The number of aliphatic hydroxyl groups excluding tert-OH is 1. The number of nitrogens with one attached hydrogen (secondary N) is 1. The molecule has 0 saturated carbocycles. The Kier molecular flexibility index (Phi) is 13.2. The zero-order valence-corrected chi connectivity index (χ0v) is 29.2. The van der Waals surface area contributed by atoms with Gasteiger partial charge in [-0.1, -0.05) is 19.1 Å². The van der Waals surface area contributed by atoms with Crippen molar-refractivity contribution in [3.8, 4) is 5.75 Å². The van der Waals surface area contributed by atoms with Crippen molar-refractivity contribution < 1.29 is 42.1 Å². The van der Waals surface area contributed by atoms with E-state index in [-0.39, 0.29) is 53.0 Å². The molecule has 266 valence electrons. The second-order valence-electron chi connectivity index (χ2n) is 12.8. The number of likely N-dealkylation sites (N-methyl/N-ethyl adjacent to an activating group) is 1. The van der Waals surface area contributed by atoms with Crippen molar-refractivity contribution in [3.05, 3.63) is 89.2 Å². The highest BCUT2D eigenvalue weighted by molar-refractivity contribution is 7.92. The highest BCUT2D eigenvalue weighted by Gasteiger charge is 2.31. The number of hydrogen-bond acceptors (Lipinski definition) is 8. The summed E-state index contributed by atoms with van der Waals surface area (Å²) in [6.45, 7) is 7.16. The summed E-state index contributed by atoms with van der Waals surface area (Å²) in [7, 11) is -2.14. The van der Waals surface area contributed by atoms with Gasteiger partial charge in [-0.25, -0.2) is 17.6 Å². The molecule has 13 heteroatoms. The number of hydrogen-bond donors (Lipinski definition) is 3. The molecule has 0 radical (unpaired) electrons. The smallest absolute Gasteiger partial charge is 0.335 e. The van der Waals surface area contributed by atoms with Gasteiger partial charge in [0.05, 0.1) is 40.9 Å². The van der Waals surface area contributed by atoms with Gasteiger partial charge >= 0.3 is 5.97 Å². The van der Waals surface area contributed by atoms with E-state index >= 15 is 0 Å². The van der Waals surface area contributed by atoms with Gasteiger partial charge in [0.1, 0.15) is 11.6 Å². The quantitative estimate of drug-likeness (QED) is 0.258. The van der Waals surface area contributed by atoms with Crippen molar-refractivity contribution in [2.75, 3.05) is 38.1 Å². The van der Waals surface area contributed by atoms with E-state index in [1.165, 1.54) is 12.1 Å². The number of carboxylic acids is 1. The fourth-order valence-corrected chi connectivity index (χ4v) is 6.76. The Morgan fingerprint density at radius 2 is 1.78 bits per heavy atom. The van der Waals surface area contributed by atoms with Crippen LogP contribution < -0.4 is 9.46 Å². The number of fused-ring (bicyclic) bond motifs is 1. The number of sulfonamides is 1. The van der Waals surface area contributed by atoms with Gasteiger partial charge in [0, 0.05) is 37.8 Å². The summed E-state index contributed by atoms with van der Waals surface area (Å²) in [6, 6.07) is 15.1. The van der Waals surface area contributed by atoms with Crippen molar-refractivity contribution in [1.29, 1.82) is 0 Å². The van der Waals surface area contributed by atoms with E-state index in [9.17, 15) is 32.6 Å². The van der Waals surface area contributed by atoms with Gasteiger partial charge < -0.3 is 24.6 Å². The molecule has 3 aromatic rings. The van der Waals surface area contributed by atoms with Crippen molar-refractivity contribution >= 4 is 27.6 Å². The first-order chi connectivity index (χ1) is 23.3. The number of anilines is 1. The van der Waals surface area contributed by atoms with Gasteiger partial charge in [-0.05, 0) is 100 Å². The van der Waals surface area contributed by atoms with E-state index in [2.05, 4.69) is 9.62 Å². The van der Waals surface area contributed by atoms with E-state index in [1.54, 1.807) is 42.2 Å². The number of aromatic carboxylic acids is 1. The van der Waals surface area contributed by atoms with Crippen LogP contribution >= 0.6 is 0 Å². The molecule has 0 bridgehead atoms. The molecule has 1 aliphatic rings. The van der Waals surface area contributed by atoms with Crippen LogP contribution in [0.2, 0.25) is 0 Å². The lowest BCUT2D eigenvalue weighted by Crippen LogP contribution is -2.47. The Morgan fingerprint density at radius 1 is 1.08 bits per heavy atom. The molecule has 3 N–H and O–H groups in total. The molecule has 4 rings (SSSR count). The van der Waals surface area contributed by atoms with Gasteiger partial charge in [0.15, 0.2) is 0 Å². The number of carboxylic acid groups (broad SMARTS) is 1. The van der Waals surface area contributed by atoms with Crippen LogP contribution in [0.25, 0.3) is 0 Å². The van der Waals surface area contributed by atoms with Crippen LogP contribution in [0.1, 0.15) is 66.3 Å². The zero-order chi connectivity index (χ0) is 35.7. The van der Waals surface area contributed by atoms with Crippen LogP contribution in [0.4, 0.5) is 10.1 Å². The number of nitrogens with zero attached hydrogens (tertiary/aromatic N) is 2. The van der Waals surface area contributed by atoms with Crippen molar-refractivity contribution in [3.63, 3.8) is 0 Å². The Morgan fingerprint density at radius 3 is 2.43 bits per heavy atom. The lowest BCUT2D eigenvalue weighted by atomic mass is 10.0. The van der Waals surface area contributed by atoms with Crippen molar-refractivity contribution in [2.45, 2.75) is 69.7 Å². The van der Waals surface area contributed by atoms with Crippen LogP contribution in [-0.2, 0) is 21.3 Å². The van der Waals surface area contributed by atoms with E-state index in [0.29, 0.717) is 31.9 Å². The summed E-state index contributed by atoms with van der Waals surface area (Å²) >= 11 is 0. The number of carbonyl (C=O) groups excluding carboxylic acids is 1. The maximum absolute atomic E-state index is 14.4. The minimum absolute atomic E-state index is 0.123. The summed E-state index contributed by atoms with van der Waals surface area (Å²) in [5, 5.41) is 19.4. The average Bonchev–Trinajstić information content (AvgIpc) is 3.06. The standard InChI is InChI=1S/C36H46FN3O8S/c1-24-20-40(25(2)23-41)35(42)32-19-30(38-49(45,46)31-15-12-29(37)13-16-31)14-17-33(32)48-26(3)7-5-6-18-47-34(24)22-39(4)21-27-8-10-28(11-9-27)36(43)44/h8-17,19,24-26,34,38,41H,5-7,18,20-23H2,1-4H3,(H,43,44)/t24-,25+,26-,34+/m1/s1. The molecule has 0 unspecified atom stereocenters.